The standard InChI is InChI=1S/C16H24FN3O2/c1-3-15(11-21)19-4-6-20(7-5-19)16(22)18-14-9-12(2)8-13(17)10-14/h8-10,15,21H,3-7,11H2,1-2H3,(H,18,22). The maximum absolute atomic E-state index is 13.3. The van der Waals surface area contributed by atoms with Crippen LogP contribution in [-0.2, 0) is 0 Å². The van der Waals surface area contributed by atoms with E-state index in [0.717, 1.165) is 25.1 Å². The number of hydrogen-bond donors (Lipinski definition) is 2. The number of urea groups is 1. The van der Waals surface area contributed by atoms with Gasteiger partial charge < -0.3 is 15.3 Å². The van der Waals surface area contributed by atoms with Crippen molar-refractivity contribution in [3.05, 3.63) is 29.6 Å². The van der Waals surface area contributed by atoms with Gasteiger partial charge in [-0.25, -0.2) is 9.18 Å². The average molecular weight is 309 g/mol. The molecule has 5 nitrogen and oxygen atoms in total. The number of aryl methyl sites for hydroxylation is 1. The number of benzene rings is 1. The molecule has 2 rings (SSSR count). The molecule has 1 aromatic carbocycles. The second-order valence-electron chi connectivity index (χ2n) is 5.72. The Balaban J connectivity index is 1.89. The lowest BCUT2D eigenvalue weighted by Gasteiger charge is -2.38. The number of carbonyl (C=O) groups is 1. The molecule has 0 spiro atoms. The molecule has 1 heterocycles. The molecule has 0 saturated carbocycles. The van der Waals surface area contributed by atoms with Gasteiger partial charge in [0.25, 0.3) is 0 Å². The Morgan fingerprint density at radius 3 is 2.55 bits per heavy atom. The molecule has 1 saturated heterocycles. The topological polar surface area (TPSA) is 55.8 Å². The summed E-state index contributed by atoms with van der Waals surface area (Å²) in [5.41, 5.74) is 1.25. The Bertz CT molecular complexity index is 492. The molecule has 1 aromatic rings. The highest BCUT2D eigenvalue weighted by Crippen LogP contribution is 2.15. The van der Waals surface area contributed by atoms with Crippen molar-refractivity contribution >= 4 is 11.7 Å². The SMILES string of the molecule is CCC(CO)N1CCN(C(=O)Nc2cc(C)cc(F)c2)CC1. The van der Waals surface area contributed by atoms with Crippen LogP contribution in [0.5, 0.6) is 0 Å². The molecule has 122 valence electrons. The maximum atomic E-state index is 13.3. The zero-order chi connectivity index (χ0) is 16.1. The third kappa shape index (κ3) is 4.18. The molecule has 0 bridgehead atoms. The molecule has 1 aliphatic rings. The number of hydrogen-bond acceptors (Lipinski definition) is 3. The number of halogens is 1. The van der Waals surface area contributed by atoms with Gasteiger partial charge in [-0.1, -0.05) is 6.92 Å². The van der Waals surface area contributed by atoms with E-state index in [2.05, 4.69) is 10.2 Å². The monoisotopic (exact) mass is 309 g/mol. The minimum Gasteiger partial charge on any atom is -0.395 e. The van der Waals surface area contributed by atoms with Crippen molar-refractivity contribution in [3.63, 3.8) is 0 Å². The Hall–Kier alpha value is -1.66. The lowest BCUT2D eigenvalue weighted by Crippen LogP contribution is -2.53. The minimum atomic E-state index is -0.353. The highest BCUT2D eigenvalue weighted by Gasteiger charge is 2.24. The van der Waals surface area contributed by atoms with Gasteiger partial charge in [-0.15, -0.1) is 0 Å². The zero-order valence-electron chi connectivity index (χ0n) is 13.2. The Kier molecular flexibility index (Phi) is 5.74. The van der Waals surface area contributed by atoms with Crippen molar-refractivity contribution in [2.24, 2.45) is 0 Å². The molecule has 6 heteroatoms. The summed E-state index contributed by atoms with van der Waals surface area (Å²) in [6.07, 6.45) is 0.894. The molecule has 1 unspecified atom stereocenters. The number of piperazine rings is 1. The summed E-state index contributed by atoms with van der Waals surface area (Å²) in [7, 11) is 0. The van der Waals surface area contributed by atoms with Crippen LogP contribution in [0, 0.1) is 12.7 Å². The number of carbonyl (C=O) groups excluding carboxylic acids is 1. The Morgan fingerprint density at radius 2 is 2.00 bits per heavy atom. The third-order valence-corrected chi connectivity index (χ3v) is 4.09. The third-order valence-electron chi connectivity index (χ3n) is 4.09. The van der Waals surface area contributed by atoms with Gasteiger partial charge in [-0.3, -0.25) is 4.90 Å². The van der Waals surface area contributed by atoms with Crippen molar-refractivity contribution in [1.29, 1.82) is 0 Å². The Morgan fingerprint density at radius 1 is 1.32 bits per heavy atom. The maximum Gasteiger partial charge on any atom is 0.321 e. The van der Waals surface area contributed by atoms with Gasteiger partial charge in [0, 0.05) is 37.9 Å². The summed E-state index contributed by atoms with van der Waals surface area (Å²) in [5, 5.41) is 12.1. The van der Waals surface area contributed by atoms with Gasteiger partial charge in [-0.05, 0) is 37.1 Å². The Labute approximate surface area is 130 Å². The van der Waals surface area contributed by atoms with Crippen LogP contribution in [0.1, 0.15) is 18.9 Å². The molecule has 2 amide bonds. The molecule has 2 N–H and O–H groups in total. The minimum absolute atomic E-state index is 0.144. The number of rotatable bonds is 4. The van der Waals surface area contributed by atoms with Gasteiger partial charge in [0.2, 0.25) is 0 Å². The largest absolute Gasteiger partial charge is 0.395 e. The lowest BCUT2D eigenvalue weighted by molar-refractivity contribution is 0.0766. The van der Waals surface area contributed by atoms with Crippen molar-refractivity contribution in [2.45, 2.75) is 26.3 Å². The van der Waals surface area contributed by atoms with Crippen LogP contribution in [0.2, 0.25) is 0 Å². The highest BCUT2D eigenvalue weighted by molar-refractivity contribution is 5.89. The fraction of sp³-hybridized carbons (Fsp3) is 0.562. The smallest absolute Gasteiger partial charge is 0.321 e. The summed E-state index contributed by atoms with van der Waals surface area (Å²) >= 11 is 0. The van der Waals surface area contributed by atoms with Crippen LogP contribution >= 0.6 is 0 Å². The zero-order valence-corrected chi connectivity index (χ0v) is 13.2. The predicted molar refractivity (Wildman–Crippen MR) is 84.5 cm³/mol. The van der Waals surface area contributed by atoms with Crippen molar-refractivity contribution in [1.82, 2.24) is 9.80 Å². The van der Waals surface area contributed by atoms with Gasteiger partial charge in [0.05, 0.1) is 6.61 Å². The summed E-state index contributed by atoms with van der Waals surface area (Å²) in [6, 6.07) is 4.45. The van der Waals surface area contributed by atoms with E-state index >= 15 is 0 Å². The van der Waals surface area contributed by atoms with Gasteiger partial charge in [0.1, 0.15) is 5.82 Å². The van der Waals surface area contributed by atoms with E-state index in [9.17, 15) is 14.3 Å². The molecule has 1 aliphatic heterocycles. The van der Waals surface area contributed by atoms with Crippen LogP contribution < -0.4 is 5.32 Å². The molecular weight excluding hydrogens is 285 g/mol. The van der Waals surface area contributed by atoms with Gasteiger partial charge >= 0.3 is 6.03 Å². The van der Waals surface area contributed by atoms with Gasteiger partial charge in [-0.2, -0.15) is 0 Å². The van der Waals surface area contributed by atoms with E-state index in [-0.39, 0.29) is 24.5 Å². The highest BCUT2D eigenvalue weighted by atomic mass is 19.1. The predicted octanol–water partition coefficient (Wildman–Crippen LogP) is 2.05. The van der Waals surface area contributed by atoms with E-state index in [4.69, 9.17) is 0 Å². The normalized spacial score (nSPS) is 17.4. The molecule has 1 fully saturated rings. The van der Waals surface area contributed by atoms with Crippen molar-refractivity contribution < 1.29 is 14.3 Å². The number of amides is 2. The van der Waals surface area contributed by atoms with E-state index in [1.54, 1.807) is 17.9 Å². The molecule has 0 aliphatic carbocycles. The van der Waals surface area contributed by atoms with Crippen LogP contribution in [0.3, 0.4) is 0 Å². The first-order chi connectivity index (χ1) is 10.5. The van der Waals surface area contributed by atoms with Crippen LogP contribution in [0.15, 0.2) is 18.2 Å². The molecule has 0 radical (unpaired) electrons. The molecular formula is C16H24FN3O2. The molecule has 1 atom stereocenters. The molecule has 0 aromatic heterocycles. The number of aliphatic hydroxyl groups excluding tert-OH is 1. The van der Waals surface area contributed by atoms with Crippen LogP contribution in [0.4, 0.5) is 14.9 Å². The number of nitrogens with one attached hydrogen (secondary N) is 1. The second kappa shape index (κ2) is 7.56. The van der Waals surface area contributed by atoms with E-state index in [0.29, 0.717) is 18.8 Å². The number of nitrogens with zero attached hydrogens (tertiary/aromatic N) is 2. The second-order valence-corrected chi connectivity index (χ2v) is 5.72. The van der Waals surface area contributed by atoms with Crippen molar-refractivity contribution in [3.8, 4) is 0 Å². The lowest BCUT2D eigenvalue weighted by atomic mass is 10.1. The summed E-state index contributed by atoms with van der Waals surface area (Å²) in [4.78, 5) is 16.2. The van der Waals surface area contributed by atoms with Crippen LogP contribution in [0.25, 0.3) is 0 Å². The van der Waals surface area contributed by atoms with E-state index in [1.165, 1.54) is 12.1 Å². The van der Waals surface area contributed by atoms with E-state index in [1.807, 2.05) is 6.92 Å². The van der Waals surface area contributed by atoms with E-state index < -0.39 is 0 Å². The number of aliphatic hydroxyl groups is 1. The molecule has 22 heavy (non-hydrogen) atoms. The number of anilines is 1. The van der Waals surface area contributed by atoms with Gasteiger partial charge in [0.15, 0.2) is 0 Å². The fourth-order valence-electron chi connectivity index (χ4n) is 2.80. The van der Waals surface area contributed by atoms with Crippen molar-refractivity contribution in [2.75, 3.05) is 38.1 Å². The first kappa shape index (κ1) is 16.7. The first-order valence-electron chi connectivity index (χ1n) is 7.71. The summed E-state index contributed by atoms with van der Waals surface area (Å²) in [6.45, 7) is 6.69. The first-order valence-corrected chi connectivity index (χ1v) is 7.71. The summed E-state index contributed by atoms with van der Waals surface area (Å²) in [5.74, 6) is -0.353. The quantitative estimate of drug-likeness (QED) is 0.895. The summed E-state index contributed by atoms with van der Waals surface area (Å²) < 4.78 is 13.3. The average Bonchev–Trinajstić information content (AvgIpc) is 2.48. The fourth-order valence-corrected chi connectivity index (χ4v) is 2.80. The van der Waals surface area contributed by atoms with Crippen LogP contribution in [-0.4, -0.2) is 59.8 Å².